The van der Waals surface area contributed by atoms with Crippen molar-refractivity contribution >= 4 is 0 Å². The molecular weight excluding hydrogens is 278 g/mol. The van der Waals surface area contributed by atoms with Gasteiger partial charge in [0.1, 0.15) is 6.54 Å². The molecule has 1 nitrogen and oxygen atoms in total. The molecule has 0 aliphatic carbocycles. The molecule has 1 heteroatoms. The summed E-state index contributed by atoms with van der Waals surface area (Å²) in [6, 6.07) is 4.64. The van der Waals surface area contributed by atoms with E-state index in [1.807, 2.05) is 0 Å². The van der Waals surface area contributed by atoms with E-state index in [1.165, 1.54) is 102 Å². The van der Waals surface area contributed by atoms with Crippen LogP contribution in [-0.2, 0) is 13.0 Å². The zero-order chi connectivity index (χ0) is 16.6. The van der Waals surface area contributed by atoms with Crippen molar-refractivity contribution in [2.75, 3.05) is 0 Å². The van der Waals surface area contributed by atoms with Crippen molar-refractivity contribution in [1.29, 1.82) is 0 Å². The summed E-state index contributed by atoms with van der Waals surface area (Å²) in [7, 11) is 0. The molecular formula is C22H40N+. The van der Waals surface area contributed by atoms with Gasteiger partial charge in [0.25, 0.3) is 0 Å². The van der Waals surface area contributed by atoms with Crippen LogP contribution in [0.3, 0.4) is 0 Å². The lowest BCUT2D eigenvalue weighted by molar-refractivity contribution is -0.697. The van der Waals surface area contributed by atoms with Gasteiger partial charge < -0.3 is 0 Å². The Morgan fingerprint density at radius 1 is 0.609 bits per heavy atom. The number of aryl methyl sites for hydroxylation is 2. The summed E-state index contributed by atoms with van der Waals surface area (Å²) < 4.78 is 2.36. The molecule has 0 saturated heterocycles. The first-order valence-electron chi connectivity index (χ1n) is 10.3. The van der Waals surface area contributed by atoms with Crippen LogP contribution in [0.5, 0.6) is 0 Å². The first kappa shape index (κ1) is 20.2. The number of hydrogen-bond donors (Lipinski definition) is 0. The predicted octanol–water partition coefficient (Wildman–Crippen LogP) is 6.63. The topological polar surface area (TPSA) is 3.88 Å². The van der Waals surface area contributed by atoms with E-state index in [0.717, 1.165) is 0 Å². The van der Waals surface area contributed by atoms with Gasteiger partial charge in [-0.3, -0.25) is 0 Å². The third-order valence-electron chi connectivity index (χ3n) is 4.80. The maximum Gasteiger partial charge on any atom is 0.169 e. The largest absolute Gasteiger partial charge is 0.205 e. The molecule has 0 aliphatic rings. The Morgan fingerprint density at radius 3 is 1.65 bits per heavy atom. The van der Waals surface area contributed by atoms with Crippen molar-refractivity contribution in [2.24, 2.45) is 0 Å². The quantitative estimate of drug-likeness (QED) is 0.252. The summed E-state index contributed by atoms with van der Waals surface area (Å²) in [4.78, 5) is 0. The Kier molecular flexibility index (Phi) is 12.9. The molecule has 1 heterocycles. The van der Waals surface area contributed by atoms with E-state index >= 15 is 0 Å². The summed E-state index contributed by atoms with van der Waals surface area (Å²) in [5, 5.41) is 0. The lowest BCUT2D eigenvalue weighted by Gasteiger charge is -2.02. The first-order chi connectivity index (χ1) is 11.4. The second-order valence-corrected chi connectivity index (χ2v) is 7.08. The molecule has 132 valence electrons. The molecule has 0 fully saturated rings. The van der Waals surface area contributed by atoms with E-state index in [0.29, 0.717) is 0 Å². The fourth-order valence-corrected chi connectivity index (χ4v) is 3.16. The van der Waals surface area contributed by atoms with Gasteiger partial charge >= 0.3 is 0 Å². The van der Waals surface area contributed by atoms with Gasteiger partial charge in [-0.05, 0) is 24.8 Å². The van der Waals surface area contributed by atoms with Crippen LogP contribution in [0.1, 0.15) is 103 Å². The van der Waals surface area contributed by atoms with Gasteiger partial charge in [-0.15, -0.1) is 0 Å². The van der Waals surface area contributed by atoms with Crippen molar-refractivity contribution in [3.8, 4) is 0 Å². The minimum Gasteiger partial charge on any atom is -0.205 e. The van der Waals surface area contributed by atoms with Crippen LogP contribution in [-0.4, -0.2) is 0 Å². The Balaban J connectivity index is 2.00. The van der Waals surface area contributed by atoms with Gasteiger partial charge in [0.15, 0.2) is 12.4 Å². The first-order valence-corrected chi connectivity index (χ1v) is 10.3. The Hall–Kier alpha value is -0.850. The van der Waals surface area contributed by atoms with Gasteiger partial charge in [0, 0.05) is 18.6 Å². The molecule has 0 atom stereocenters. The number of pyridine rings is 1. The Morgan fingerprint density at radius 2 is 1.09 bits per heavy atom. The van der Waals surface area contributed by atoms with E-state index in [4.69, 9.17) is 0 Å². The highest BCUT2D eigenvalue weighted by Crippen LogP contribution is 2.10. The molecule has 0 spiro atoms. The summed E-state index contributed by atoms with van der Waals surface area (Å²) in [6.07, 6.45) is 23.9. The molecule has 0 amide bonds. The van der Waals surface area contributed by atoms with Crippen molar-refractivity contribution in [3.63, 3.8) is 0 Å². The van der Waals surface area contributed by atoms with E-state index in [1.54, 1.807) is 0 Å². The van der Waals surface area contributed by atoms with Crippen LogP contribution in [0, 0.1) is 0 Å². The molecule has 0 N–H and O–H groups in total. The molecule has 0 bridgehead atoms. The Bertz CT molecular complexity index is 355. The van der Waals surface area contributed by atoms with Crippen LogP contribution in [0.2, 0.25) is 0 Å². The molecule has 0 saturated carbocycles. The second kappa shape index (κ2) is 14.7. The number of aromatic nitrogens is 1. The molecule has 0 unspecified atom stereocenters. The highest BCUT2D eigenvalue weighted by molar-refractivity contribution is 5.07. The van der Waals surface area contributed by atoms with Crippen LogP contribution >= 0.6 is 0 Å². The Labute approximate surface area is 145 Å². The number of unbranched alkanes of at least 4 members (excludes halogenated alkanes) is 11. The molecule has 1 aromatic heterocycles. The van der Waals surface area contributed by atoms with Gasteiger partial charge in [-0.2, -0.15) is 0 Å². The highest BCUT2D eigenvalue weighted by Gasteiger charge is 2.01. The van der Waals surface area contributed by atoms with Gasteiger partial charge in [-0.1, -0.05) is 78.1 Å². The third-order valence-corrected chi connectivity index (χ3v) is 4.80. The third kappa shape index (κ3) is 11.3. The molecule has 23 heavy (non-hydrogen) atoms. The standard InChI is InChI=1S/C22H40N/c1-3-5-7-9-10-11-12-13-15-19-23-20-17-22(18-21-23)16-14-8-6-4-2/h17-18,20-21H,3-16,19H2,1-2H3/q+1. The predicted molar refractivity (Wildman–Crippen MR) is 102 cm³/mol. The van der Waals surface area contributed by atoms with E-state index < -0.39 is 0 Å². The fourth-order valence-electron chi connectivity index (χ4n) is 3.16. The van der Waals surface area contributed by atoms with Crippen molar-refractivity contribution in [2.45, 2.75) is 110 Å². The molecule has 1 aromatic rings. The molecule has 0 radical (unpaired) electrons. The second-order valence-electron chi connectivity index (χ2n) is 7.08. The van der Waals surface area contributed by atoms with Gasteiger partial charge in [0.2, 0.25) is 0 Å². The minimum absolute atomic E-state index is 1.19. The van der Waals surface area contributed by atoms with E-state index in [9.17, 15) is 0 Å². The van der Waals surface area contributed by atoms with Crippen molar-refractivity contribution < 1.29 is 4.57 Å². The van der Waals surface area contributed by atoms with Crippen LogP contribution in [0.4, 0.5) is 0 Å². The summed E-state index contributed by atoms with van der Waals surface area (Å²) in [5.41, 5.74) is 1.50. The van der Waals surface area contributed by atoms with Crippen LogP contribution in [0.15, 0.2) is 24.5 Å². The summed E-state index contributed by atoms with van der Waals surface area (Å²) >= 11 is 0. The number of hydrogen-bond acceptors (Lipinski definition) is 0. The lowest BCUT2D eigenvalue weighted by atomic mass is 10.1. The minimum atomic E-state index is 1.19. The summed E-state index contributed by atoms with van der Waals surface area (Å²) in [6.45, 7) is 5.75. The van der Waals surface area contributed by atoms with Gasteiger partial charge in [0.05, 0.1) is 0 Å². The SMILES string of the molecule is CCCCCCCCCCC[n+]1ccc(CCCCCC)cc1. The smallest absolute Gasteiger partial charge is 0.169 e. The zero-order valence-electron chi connectivity index (χ0n) is 15.9. The van der Waals surface area contributed by atoms with Gasteiger partial charge in [-0.25, -0.2) is 4.57 Å². The van der Waals surface area contributed by atoms with Crippen LogP contribution < -0.4 is 4.57 Å². The lowest BCUT2D eigenvalue weighted by Crippen LogP contribution is -2.32. The fraction of sp³-hybridized carbons (Fsp3) is 0.773. The maximum absolute atomic E-state index is 2.36. The van der Waals surface area contributed by atoms with Crippen molar-refractivity contribution in [1.82, 2.24) is 0 Å². The zero-order valence-corrected chi connectivity index (χ0v) is 15.9. The normalized spacial score (nSPS) is 11.0. The number of nitrogens with zero attached hydrogens (tertiary/aromatic N) is 1. The highest BCUT2D eigenvalue weighted by atomic mass is 14.9. The van der Waals surface area contributed by atoms with Crippen molar-refractivity contribution in [3.05, 3.63) is 30.1 Å². The summed E-state index contributed by atoms with van der Waals surface area (Å²) in [5.74, 6) is 0. The van der Waals surface area contributed by atoms with Crippen LogP contribution in [0.25, 0.3) is 0 Å². The van der Waals surface area contributed by atoms with E-state index in [2.05, 4.69) is 42.9 Å². The molecule has 0 aromatic carbocycles. The maximum atomic E-state index is 2.36. The van der Waals surface area contributed by atoms with E-state index in [-0.39, 0.29) is 0 Å². The molecule has 1 rings (SSSR count). The average molecular weight is 319 g/mol. The monoisotopic (exact) mass is 318 g/mol. The average Bonchev–Trinajstić information content (AvgIpc) is 2.58. The number of rotatable bonds is 15. The molecule has 0 aliphatic heterocycles.